The molecular formula is C117H115N5O17. The predicted octanol–water partition coefficient (Wildman–Crippen LogP) is 19.2. The van der Waals surface area contributed by atoms with Gasteiger partial charge >= 0.3 is 35.9 Å². The lowest BCUT2D eigenvalue weighted by Crippen LogP contribution is -2.55. The molecule has 1 amide bonds. The molecule has 0 heterocycles. The van der Waals surface area contributed by atoms with Gasteiger partial charge in [0.15, 0.2) is 6.04 Å². The standard InChI is InChI=1S/C30H29NO3.C29H27NO3.C25H23NO5.C23H23NO3.C10H13NO3/c1-23-13-12-20-27(21-23)34-22-28(29(32)33-2)31-30(24-14-6-3-7-15-24,25-16-8-4-9-17-25)26-18-10-5-11-19-26;1-22-12-11-19-26(20-22)33-21-27(28(31)32)30-29(23-13-5-2-6-14-23,24-15-7-3-8-16-24)25-17-9-4-10-18-25;1-16-7-6-8-17(13-16)30-15-23(24(27)28)26-25(29)31-14-22-20-11-4-2-9-18(20)19-10-3-5-12-21(19)22;1-27-22(26)21(17-25)24-23(18-11-5-2-6-12-18,19-13-7-3-8-14-19)20-15-9-4-10-16-20;1-7-3-2-4-8(5-7)14-6-9(11)10(12)13/h3-21,28,31H,22H2,1-2H3;2-20,27,30H,21H2,1H3,(H,31,32);2-13,22-23H,14-15H2,1H3,(H,26,29)(H,27,28);2-16,21,24-25H,17H2,1H3;2-5,9H,6,11H2,1H3,(H,12,13)/t28-;27-;23-;21-;9-/m00000/s1. The number of nitrogens with one attached hydrogen (secondary N) is 4. The zero-order chi connectivity index (χ0) is 98.4. The summed E-state index contributed by atoms with van der Waals surface area (Å²) in [5, 5.41) is 50.9. The fourth-order valence-corrected chi connectivity index (χ4v) is 16.6. The number of amides is 1. The van der Waals surface area contributed by atoms with E-state index in [-0.39, 0.29) is 51.5 Å². The van der Waals surface area contributed by atoms with Crippen LogP contribution in [0.2, 0.25) is 0 Å². The zero-order valence-electron chi connectivity index (χ0n) is 78.2. The highest BCUT2D eigenvalue weighted by molar-refractivity contribution is 5.82. The molecule has 15 aromatic carbocycles. The van der Waals surface area contributed by atoms with Gasteiger partial charge in [0.1, 0.15) is 80.2 Å². The number of methoxy groups -OCH3 is 2. The maximum absolute atomic E-state index is 13.0. The van der Waals surface area contributed by atoms with Crippen LogP contribution in [0.25, 0.3) is 11.1 Å². The Balaban J connectivity index is 0.000000159. The third-order valence-electron chi connectivity index (χ3n) is 23.4. The van der Waals surface area contributed by atoms with E-state index in [1.54, 1.807) is 18.2 Å². The van der Waals surface area contributed by atoms with Crippen molar-refractivity contribution in [1.29, 1.82) is 0 Å². The Labute approximate surface area is 811 Å². The van der Waals surface area contributed by atoms with E-state index in [1.807, 2.05) is 380 Å². The summed E-state index contributed by atoms with van der Waals surface area (Å²) in [6.07, 6.45) is -0.790. The summed E-state index contributed by atoms with van der Waals surface area (Å²) < 4.78 is 38.2. The van der Waals surface area contributed by atoms with Gasteiger partial charge in [0.2, 0.25) is 0 Å². The second-order valence-corrected chi connectivity index (χ2v) is 33.0. The number of fused-ring (bicyclic) bond motifs is 3. The molecule has 15 aromatic rings. The van der Waals surface area contributed by atoms with Gasteiger partial charge in [0.25, 0.3) is 0 Å². The molecule has 1 aliphatic rings. The first-order chi connectivity index (χ1) is 67.6. The number of aliphatic hydroxyl groups is 1. The van der Waals surface area contributed by atoms with Crippen LogP contribution in [-0.2, 0) is 54.8 Å². The lowest BCUT2D eigenvalue weighted by Gasteiger charge is -2.39. The van der Waals surface area contributed by atoms with Crippen molar-refractivity contribution in [3.8, 4) is 34.1 Å². The van der Waals surface area contributed by atoms with Crippen molar-refractivity contribution in [3.05, 3.63) is 502 Å². The highest BCUT2D eigenvalue weighted by Crippen LogP contribution is 2.46. The second kappa shape index (κ2) is 51.0. The van der Waals surface area contributed by atoms with Gasteiger partial charge in [-0.25, -0.2) is 9.59 Å². The Morgan fingerprint density at radius 3 is 0.813 bits per heavy atom. The SMILES string of the molecule is COC(=O)[C@H](CO)NC(c1ccccc1)(c1ccccc1)c1ccccc1.COC(=O)[C@H](COc1cccc(C)c1)NC(c1ccccc1)(c1ccccc1)c1ccccc1.Cc1cccc(OC[C@H](N)C(=O)O)c1.Cc1cccc(OC[C@H](NC(=O)OCC2c3ccccc3-c3ccccc32)C(=O)O)c1.Cc1cccc(OC[C@H](NC(c2ccccc2)(c2ccccc2)c2ccccc2)C(=O)O)c1. The van der Waals surface area contributed by atoms with Gasteiger partial charge in [-0.1, -0.05) is 370 Å². The van der Waals surface area contributed by atoms with E-state index in [0.29, 0.717) is 23.0 Å². The van der Waals surface area contributed by atoms with Crippen LogP contribution in [0.3, 0.4) is 0 Å². The van der Waals surface area contributed by atoms with Gasteiger partial charge in [-0.05, 0) is 171 Å². The number of esters is 2. The van der Waals surface area contributed by atoms with Crippen molar-refractivity contribution in [2.75, 3.05) is 53.9 Å². The maximum Gasteiger partial charge on any atom is 0.407 e. The van der Waals surface area contributed by atoms with Gasteiger partial charge < -0.3 is 64.6 Å². The maximum atomic E-state index is 13.0. The van der Waals surface area contributed by atoms with E-state index < -0.39 is 76.8 Å². The molecule has 0 radical (unpaired) electrons. The summed E-state index contributed by atoms with van der Waals surface area (Å²) >= 11 is 0. The summed E-state index contributed by atoms with van der Waals surface area (Å²) in [5.41, 5.74) is 20.2. The van der Waals surface area contributed by atoms with E-state index in [9.17, 15) is 44.1 Å². The number of ether oxygens (including phenoxy) is 7. The van der Waals surface area contributed by atoms with E-state index in [4.69, 9.17) is 44.0 Å². The number of rotatable bonds is 36. The average Bonchev–Trinajstić information content (AvgIpc) is 1.78. The fraction of sp³-hybridized carbons (Fsp3) is 0.179. The van der Waals surface area contributed by atoms with Crippen molar-refractivity contribution in [3.63, 3.8) is 0 Å². The average molecular weight is 1860 g/mol. The quantitative estimate of drug-likeness (QED) is 0.0100. The van der Waals surface area contributed by atoms with Gasteiger partial charge in [-0.15, -0.1) is 0 Å². The van der Waals surface area contributed by atoms with Gasteiger partial charge in [0, 0.05) is 5.92 Å². The number of aliphatic hydroxyl groups excluding tert-OH is 1. The fourth-order valence-electron chi connectivity index (χ4n) is 16.6. The highest BCUT2D eigenvalue weighted by atomic mass is 16.6. The van der Waals surface area contributed by atoms with Gasteiger partial charge in [0.05, 0.1) is 37.4 Å². The number of carboxylic acid groups (broad SMARTS) is 3. The van der Waals surface area contributed by atoms with Gasteiger partial charge in [-0.3, -0.25) is 35.1 Å². The predicted molar refractivity (Wildman–Crippen MR) is 539 cm³/mol. The summed E-state index contributed by atoms with van der Waals surface area (Å²) in [4.78, 5) is 72.0. The molecule has 1 aliphatic carbocycles. The highest BCUT2D eigenvalue weighted by Gasteiger charge is 2.44. The summed E-state index contributed by atoms with van der Waals surface area (Å²) in [6.45, 7) is 7.45. The van der Waals surface area contributed by atoms with Gasteiger partial charge in [-0.2, -0.15) is 0 Å². The number of benzene rings is 15. The van der Waals surface area contributed by atoms with Crippen molar-refractivity contribution in [1.82, 2.24) is 21.3 Å². The van der Waals surface area contributed by atoms with Crippen molar-refractivity contribution >= 4 is 35.9 Å². The first kappa shape index (κ1) is 102. The molecule has 0 aromatic heterocycles. The lowest BCUT2D eigenvalue weighted by atomic mass is 9.76. The normalized spacial score (nSPS) is 12.4. The molecule has 16 rings (SSSR count). The largest absolute Gasteiger partial charge is 0.491 e. The number of hydrogen-bond donors (Lipinski definition) is 9. The number of aryl methyl sites for hydroxylation is 4. The minimum atomic E-state index is -1.23. The minimum absolute atomic E-state index is 0.0151. The number of hydrogen-bond acceptors (Lipinski definition) is 18. The van der Waals surface area contributed by atoms with E-state index in [2.05, 4.69) is 69.8 Å². The van der Waals surface area contributed by atoms with Crippen LogP contribution in [0.15, 0.2) is 419 Å². The number of carbonyl (C=O) groups is 6. The van der Waals surface area contributed by atoms with Crippen LogP contribution in [0.1, 0.15) is 89.4 Å². The first-order valence-electron chi connectivity index (χ1n) is 45.5. The molecule has 0 aliphatic heterocycles. The van der Waals surface area contributed by atoms with Crippen LogP contribution >= 0.6 is 0 Å². The van der Waals surface area contributed by atoms with Crippen LogP contribution in [0.4, 0.5) is 4.79 Å². The van der Waals surface area contributed by atoms with E-state index in [0.717, 1.165) is 94.6 Å². The molecule has 0 bridgehead atoms. The molecule has 0 saturated carbocycles. The molecule has 0 spiro atoms. The minimum Gasteiger partial charge on any atom is -0.491 e. The summed E-state index contributed by atoms with van der Waals surface area (Å²) in [6, 6.07) is 131. The number of carbonyl (C=O) groups excluding carboxylic acids is 3. The zero-order valence-corrected chi connectivity index (χ0v) is 78.2. The molecule has 10 N–H and O–H groups in total. The Bertz CT molecular complexity index is 6060. The Morgan fingerprint density at radius 2 is 0.547 bits per heavy atom. The molecule has 22 nitrogen and oxygen atoms in total. The van der Waals surface area contributed by atoms with Crippen molar-refractivity contribution < 1.29 is 82.4 Å². The third kappa shape index (κ3) is 27.2. The van der Waals surface area contributed by atoms with Crippen LogP contribution in [0, 0.1) is 27.7 Å². The van der Waals surface area contributed by atoms with E-state index >= 15 is 0 Å². The summed E-state index contributed by atoms with van der Waals surface area (Å²) in [5.74, 6) is -1.68. The Kier molecular flexibility index (Phi) is 37.4. The molecule has 5 atom stereocenters. The number of aliphatic carboxylic acids is 3. The monoisotopic (exact) mass is 1860 g/mol. The number of nitrogens with two attached hydrogens (primary N) is 1. The van der Waals surface area contributed by atoms with E-state index in [1.165, 1.54) is 14.2 Å². The molecule has 0 unspecified atom stereocenters. The Hall–Kier alpha value is -16.1. The van der Waals surface area contributed by atoms with Crippen LogP contribution in [-0.4, -0.2) is 140 Å². The smallest absolute Gasteiger partial charge is 0.407 e. The molecule has 139 heavy (non-hydrogen) atoms. The first-order valence-corrected chi connectivity index (χ1v) is 45.5. The number of carboxylic acids is 3. The Morgan fingerprint density at radius 1 is 0.302 bits per heavy atom. The molecular weight excluding hydrogens is 1750 g/mol. The molecule has 0 fully saturated rings. The number of alkyl carbamates (subject to hydrolysis) is 1. The topological polar surface area (TPSA) is 322 Å². The van der Waals surface area contributed by atoms with Crippen LogP contribution < -0.4 is 45.9 Å². The molecule has 22 heteroatoms. The lowest BCUT2D eigenvalue weighted by molar-refractivity contribution is -0.145. The summed E-state index contributed by atoms with van der Waals surface area (Å²) in [7, 11) is 2.72. The third-order valence-corrected chi connectivity index (χ3v) is 23.4. The van der Waals surface area contributed by atoms with Crippen LogP contribution in [0.5, 0.6) is 23.0 Å². The second-order valence-electron chi connectivity index (χ2n) is 33.0. The molecule has 710 valence electrons. The van der Waals surface area contributed by atoms with Crippen molar-refractivity contribution in [2.45, 2.75) is 80.4 Å². The van der Waals surface area contributed by atoms with Crippen molar-refractivity contribution in [2.24, 2.45) is 5.73 Å². The molecule has 0 saturated heterocycles.